The molecule has 0 aromatic heterocycles. The summed E-state index contributed by atoms with van der Waals surface area (Å²) in [6.45, 7) is 1.85. The maximum atomic E-state index is 13.2. The van der Waals surface area contributed by atoms with Crippen molar-refractivity contribution in [2.45, 2.75) is 24.4 Å². The van der Waals surface area contributed by atoms with Gasteiger partial charge < -0.3 is 10.1 Å². The van der Waals surface area contributed by atoms with E-state index in [1.807, 2.05) is 0 Å². The summed E-state index contributed by atoms with van der Waals surface area (Å²) < 4.78 is 83.7. The molecule has 0 aliphatic heterocycles. The molecule has 7 nitrogen and oxygen atoms in total. The highest BCUT2D eigenvalue weighted by molar-refractivity contribution is 7.92. The lowest BCUT2D eigenvalue weighted by atomic mass is 10.2. The Labute approximate surface area is 175 Å². The number of hydrogen-bond acceptors (Lipinski definition) is 5. The quantitative estimate of drug-likeness (QED) is 0.463. The van der Waals surface area contributed by atoms with Crippen LogP contribution in [0.4, 0.5) is 23.2 Å². The topological polar surface area (TPSA) is 102 Å². The molecule has 0 atom stereocenters. The van der Waals surface area contributed by atoms with Crippen LogP contribution in [-0.2, 0) is 25.7 Å². The zero-order chi connectivity index (χ0) is 23.2. The number of carbonyl (C=O) groups excluding carboxylic acids is 2. The van der Waals surface area contributed by atoms with Crippen molar-refractivity contribution in [1.82, 2.24) is 5.32 Å². The molecule has 0 heterocycles. The highest BCUT2D eigenvalue weighted by atomic mass is 32.2. The molecule has 0 spiro atoms. The second-order valence-corrected chi connectivity index (χ2v) is 7.81. The molecule has 2 aromatic rings. The number of anilines is 1. The minimum absolute atomic E-state index is 0.00403. The van der Waals surface area contributed by atoms with Crippen LogP contribution >= 0.6 is 0 Å². The highest BCUT2D eigenvalue weighted by Crippen LogP contribution is 2.36. The molecule has 0 saturated carbocycles. The number of carbonyl (C=O) groups is 2. The van der Waals surface area contributed by atoms with Crippen molar-refractivity contribution in [2.24, 2.45) is 0 Å². The van der Waals surface area contributed by atoms with E-state index in [9.17, 15) is 35.6 Å². The van der Waals surface area contributed by atoms with E-state index < -0.39 is 50.0 Å². The summed E-state index contributed by atoms with van der Waals surface area (Å²) in [7, 11) is -4.45. The van der Waals surface area contributed by atoms with Crippen LogP contribution in [0, 0.1) is 5.82 Å². The summed E-state index contributed by atoms with van der Waals surface area (Å²) >= 11 is 0. The Balaban J connectivity index is 2.12. The predicted octanol–water partition coefficient (Wildman–Crippen LogP) is 3.33. The summed E-state index contributed by atoms with van der Waals surface area (Å²) in [5.41, 5.74) is -2.25. The van der Waals surface area contributed by atoms with Crippen molar-refractivity contribution in [3.8, 4) is 0 Å². The van der Waals surface area contributed by atoms with E-state index in [0.717, 1.165) is 24.3 Å². The van der Waals surface area contributed by atoms with Gasteiger partial charge in [0.25, 0.3) is 15.9 Å². The van der Waals surface area contributed by atoms with Crippen molar-refractivity contribution >= 4 is 27.6 Å². The third kappa shape index (κ3) is 6.67. The number of amides is 1. The summed E-state index contributed by atoms with van der Waals surface area (Å²) in [6, 6.07) is 5.91. The van der Waals surface area contributed by atoms with Crippen molar-refractivity contribution in [3.63, 3.8) is 0 Å². The van der Waals surface area contributed by atoms with E-state index in [1.54, 1.807) is 11.6 Å². The first-order valence-electron chi connectivity index (χ1n) is 8.87. The fourth-order valence-corrected chi connectivity index (χ4v) is 3.52. The van der Waals surface area contributed by atoms with Crippen molar-refractivity contribution in [2.75, 3.05) is 17.9 Å². The first-order valence-corrected chi connectivity index (χ1v) is 10.4. The lowest BCUT2D eigenvalue weighted by molar-refractivity contribution is -0.143. The van der Waals surface area contributed by atoms with E-state index in [2.05, 4.69) is 5.32 Å². The standard InChI is InChI=1S/C19H18F4N2O5S/c1-2-30-17(26)9-10-24-18(27)12-3-6-14(7-4-12)31(28,29)25-16-8-5-13(20)11-15(16)19(21,22)23/h3-8,11,25H,2,9-10H2,1H3,(H,24,27). The molecule has 168 valence electrons. The summed E-state index contributed by atoms with van der Waals surface area (Å²) in [4.78, 5) is 22.9. The van der Waals surface area contributed by atoms with Crippen molar-refractivity contribution in [1.29, 1.82) is 0 Å². The number of rotatable bonds is 8. The molecule has 0 bridgehead atoms. The van der Waals surface area contributed by atoms with Gasteiger partial charge in [0.15, 0.2) is 0 Å². The number of nitrogens with one attached hydrogen (secondary N) is 2. The van der Waals surface area contributed by atoms with E-state index in [0.29, 0.717) is 12.1 Å². The van der Waals surface area contributed by atoms with Crippen LogP contribution in [0.2, 0.25) is 0 Å². The smallest absolute Gasteiger partial charge is 0.418 e. The van der Waals surface area contributed by atoms with Crippen LogP contribution in [0.25, 0.3) is 0 Å². The van der Waals surface area contributed by atoms with Gasteiger partial charge in [0, 0.05) is 12.1 Å². The molecule has 0 saturated heterocycles. The molecule has 2 aromatic carbocycles. The SMILES string of the molecule is CCOC(=O)CCNC(=O)c1ccc(S(=O)(=O)Nc2ccc(F)cc2C(F)(F)F)cc1. The van der Waals surface area contributed by atoms with Crippen molar-refractivity contribution in [3.05, 3.63) is 59.4 Å². The average Bonchev–Trinajstić information content (AvgIpc) is 2.68. The lowest BCUT2D eigenvalue weighted by Crippen LogP contribution is -2.26. The lowest BCUT2D eigenvalue weighted by Gasteiger charge is -2.15. The van der Waals surface area contributed by atoms with Crippen molar-refractivity contribution < 1.29 is 40.3 Å². The second kappa shape index (κ2) is 9.77. The van der Waals surface area contributed by atoms with Gasteiger partial charge in [-0.25, -0.2) is 12.8 Å². The first-order chi connectivity index (χ1) is 14.4. The molecule has 0 aliphatic rings. The number of hydrogen-bond donors (Lipinski definition) is 2. The number of halogens is 4. The van der Waals surface area contributed by atoms with Crippen LogP contribution in [0.3, 0.4) is 0 Å². The fourth-order valence-electron chi connectivity index (χ4n) is 2.44. The molecule has 0 radical (unpaired) electrons. The van der Waals surface area contributed by atoms with Gasteiger partial charge >= 0.3 is 12.1 Å². The van der Waals surface area contributed by atoms with E-state index >= 15 is 0 Å². The highest BCUT2D eigenvalue weighted by Gasteiger charge is 2.35. The van der Waals surface area contributed by atoms with Gasteiger partial charge in [-0.05, 0) is 49.4 Å². The second-order valence-electron chi connectivity index (χ2n) is 6.13. The van der Waals surface area contributed by atoms with Crippen LogP contribution in [-0.4, -0.2) is 33.4 Å². The summed E-state index contributed by atoms with van der Waals surface area (Å²) in [5.74, 6) is -2.25. The first kappa shape index (κ1) is 24.1. The minimum atomic E-state index is -4.98. The van der Waals surface area contributed by atoms with Crippen LogP contribution in [0.5, 0.6) is 0 Å². The number of esters is 1. The number of ether oxygens (including phenoxy) is 1. The summed E-state index contributed by atoms with van der Waals surface area (Å²) in [5, 5.41) is 2.45. The third-order valence-corrected chi connectivity index (χ3v) is 5.26. The van der Waals surface area contributed by atoms with E-state index in [-0.39, 0.29) is 31.2 Å². The molecular formula is C19H18F4N2O5S. The molecule has 2 N–H and O–H groups in total. The Morgan fingerprint density at radius 2 is 1.71 bits per heavy atom. The Hall–Kier alpha value is -3.15. The maximum absolute atomic E-state index is 13.2. The monoisotopic (exact) mass is 462 g/mol. The van der Waals surface area contributed by atoms with Gasteiger partial charge in [0.05, 0.1) is 29.2 Å². The largest absolute Gasteiger partial charge is 0.466 e. The Kier molecular flexibility index (Phi) is 7.60. The zero-order valence-electron chi connectivity index (χ0n) is 16.1. The van der Waals surface area contributed by atoms with Gasteiger partial charge in [-0.3, -0.25) is 14.3 Å². The number of alkyl halides is 3. The van der Waals surface area contributed by atoms with Gasteiger partial charge in [0.1, 0.15) is 5.82 Å². The Morgan fingerprint density at radius 3 is 2.29 bits per heavy atom. The zero-order valence-corrected chi connectivity index (χ0v) is 16.9. The number of sulfonamides is 1. The fraction of sp³-hybridized carbons (Fsp3) is 0.263. The molecule has 0 aliphatic carbocycles. The van der Waals surface area contributed by atoms with Crippen LogP contribution in [0.15, 0.2) is 47.4 Å². The predicted molar refractivity (Wildman–Crippen MR) is 102 cm³/mol. The molecular weight excluding hydrogens is 444 g/mol. The Morgan fingerprint density at radius 1 is 1.06 bits per heavy atom. The normalized spacial score (nSPS) is 11.6. The summed E-state index contributed by atoms with van der Waals surface area (Å²) in [6.07, 6.45) is -5.03. The molecule has 12 heteroatoms. The number of benzene rings is 2. The minimum Gasteiger partial charge on any atom is -0.466 e. The van der Waals surface area contributed by atoms with E-state index in [4.69, 9.17) is 4.74 Å². The van der Waals surface area contributed by atoms with E-state index in [1.165, 1.54) is 0 Å². The molecule has 0 fully saturated rings. The molecule has 31 heavy (non-hydrogen) atoms. The Bertz CT molecular complexity index is 1050. The van der Waals surface area contributed by atoms with Gasteiger partial charge in [-0.15, -0.1) is 0 Å². The van der Waals surface area contributed by atoms with Gasteiger partial charge in [-0.1, -0.05) is 0 Å². The molecule has 2 rings (SSSR count). The third-order valence-electron chi connectivity index (χ3n) is 3.88. The van der Waals surface area contributed by atoms with Gasteiger partial charge in [0.2, 0.25) is 0 Å². The van der Waals surface area contributed by atoms with Crippen LogP contribution in [0.1, 0.15) is 29.3 Å². The molecule has 1 amide bonds. The molecule has 0 unspecified atom stereocenters. The van der Waals surface area contributed by atoms with Gasteiger partial charge in [-0.2, -0.15) is 13.2 Å². The maximum Gasteiger partial charge on any atom is 0.418 e. The average molecular weight is 462 g/mol. The van der Waals surface area contributed by atoms with Crippen LogP contribution < -0.4 is 10.0 Å².